The van der Waals surface area contributed by atoms with E-state index < -0.39 is 0 Å². The van der Waals surface area contributed by atoms with Gasteiger partial charge in [0, 0.05) is 24.2 Å². The molecule has 0 radical (unpaired) electrons. The van der Waals surface area contributed by atoms with Crippen molar-refractivity contribution in [2.45, 2.75) is 38.1 Å². The fourth-order valence-corrected chi connectivity index (χ4v) is 3.26. The van der Waals surface area contributed by atoms with Gasteiger partial charge in [-0.25, -0.2) is 0 Å². The topological polar surface area (TPSA) is 15.3 Å². The van der Waals surface area contributed by atoms with Crippen molar-refractivity contribution < 1.29 is 0 Å². The lowest BCUT2D eigenvalue weighted by Gasteiger charge is -2.22. The van der Waals surface area contributed by atoms with Crippen LogP contribution in [0.2, 0.25) is 0 Å². The first-order chi connectivity index (χ1) is 8.34. The summed E-state index contributed by atoms with van der Waals surface area (Å²) in [5.74, 6) is 0.721. The molecule has 1 saturated heterocycles. The van der Waals surface area contributed by atoms with Gasteiger partial charge in [0.2, 0.25) is 0 Å². The molecule has 92 valence electrons. The second-order valence-corrected chi connectivity index (χ2v) is 5.48. The van der Waals surface area contributed by atoms with Crippen LogP contribution >= 0.6 is 0 Å². The Morgan fingerprint density at radius 2 is 2.24 bits per heavy atom. The van der Waals surface area contributed by atoms with E-state index in [1.165, 1.54) is 43.6 Å². The molecule has 3 rings (SSSR count). The molecule has 0 bridgehead atoms. The molecule has 17 heavy (non-hydrogen) atoms. The second-order valence-electron chi connectivity index (χ2n) is 5.48. The van der Waals surface area contributed by atoms with Crippen molar-refractivity contribution in [1.29, 1.82) is 0 Å². The van der Waals surface area contributed by atoms with Crippen molar-refractivity contribution >= 4 is 5.69 Å². The van der Waals surface area contributed by atoms with Gasteiger partial charge in [0.25, 0.3) is 0 Å². The zero-order valence-corrected chi connectivity index (χ0v) is 10.7. The molecule has 0 aromatic heterocycles. The predicted octanol–water partition coefficient (Wildman–Crippen LogP) is 3.07. The molecule has 2 atom stereocenters. The van der Waals surface area contributed by atoms with Crippen LogP contribution in [0.3, 0.4) is 0 Å². The maximum absolute atomic E-state index is 3.52. The molecule has 2 aliphatic rings. The predicted molar refractivity (Wildman–Crippen MR) is 72.6 cm³/mol. The first kappa shape index (κ1) is 11.1. The number of nitrogens with zero attached hydrogens (tertiary/aromatic N) is 1. The highest BCUT2D eigenvalue weighted by atomic mass is 15.2. The van der Waals surface area contributed by atoms with Crippen LogP contribution in [-0.2, 0) is 0 Å². The van der Waals surface area contributed by atoms with Gasteiger partial charge in [-0.2, -0.15) is 0 Å². The van der Waals surface area contributed by atoms with E-state index in [9.17, 15) is 0 Å². The van der Waals surface area contributed by atoms with Crippen LogP contribution in [0.5, 0.6) is 0 Å². The zero-order chi connectivity index (χ0) is 11.7. The minimum absolute atomic E-state index is 0.721. The quantitative estimate of drug-likeness (QED) is 0.858. The third-order valence-corrected chi connectivity index (χ3v) is 4.39. The number of anilines is 1. The normalized spacial score (nSPS) is 28.1. The standard InChI is InChI=1S/C15H22N2/c1-12-5-4-9-17(12)10-8-13-11-16-15-7-3-2-6-14(13)15/h2-3,6-7,12-13,16H,4-5,8-11H2,1H3. The molecule has 1 N–H and O–H groups in total. The van der Waals surface area contributed by atoms with Crippen LogP contribution in [0.1, 0.15) is 37.7 Å². The first-order valence-electron chi connectivity index (χ1n) is 6.91. The van der Waals surface area contributed by atoms with Crippen LogP contribution < -0.4 is 5.32 Å². The minimum atomic E-state index is 0.721. The minimum Gasteiger partial charge on any atom is -0.384 e. The summed E-state index contributed by atoms with van der Waals surface area (Å²) in [6.07, 6.45) is 4.08. The smallest absolute Gasteiger partial charge is 0.0376 e. The average Bonchev–Trinajstić information content (AvgIpc) is 2.93. The third-order valence-electron chi connectivity index (χ3n) is 4.39. The van der Waals surface area contributed by atoms with E-state index in [1.807, 2.05) is 0 Å². The zero-order valence-electron chi connectivity index (χ0n) is 10.7. The number of hydrogen-bond donors (Lipinski definition) is 1. The average molecular weight is 230 g/mol. The van der Waals surface area contributed by atoms with Crippen LogP contribution in [0.4, 0.5) is 5.69 Å². The van der Waals surface area contributed by atoms with Crippen LogP contribution in [0, 0.1) is 0 Å². The molecule has 0 aliphatic carbocycles. The summed E-state index contributed by atoms with van der Waals surface area (Å²) in [4.78, 5) is 2.65. The number of fused-ring (bicyclic) bond motifs is 1. The molecule has 2 aliphatic heterocycles. The van der Waals surface area contributed by atoms with Crippen LogP contribution in [0.25, 0.3) is 0 Å². The van der Waals surface area contributed by atoms with Crippen molar-refractivity contribution in [2.75, 3.05) is 25.0 Å². The van der Waals surface area contributed by atoms with Crippen molar-refractivity contribution in [1.82, 2.24) is 4.90 Å². The summed E-state index contributed by atoms with van der Waals surface area (Å²) in [5.41, 5.74) is 2.88. The van der Waals surface area contributed by atoms with E-state index in [0.717, 1.165) is 18.5 Å². The molecule has 1 aromatic rings. The van der Waals surface area contributed by atoms with Gasteiger partial charge in [-0.1, -0.05) is 18.2 Å². The molecule has 0 spiro atoms. The number of nitrogens with one attached hydrogen (secondary N) is 1. The fourth-order valence-electron chi connectivity index (χ4n) is 3.26. The highest BCUT2D eigenvalue weighted by Crippen LogP contribution is 2.33. The molecule has 2 nitrogen and oxygen atoms in total. The maximum atomic E-state index is 3.52. The Bertz CT molecular complexity index is 388. The molecule has 0 saturated carbocycles. The SMILES string of the molecule is CC1CCCN1CCC1CNc2ccccc21. The van der Waals surface area contributed by atoms with Gasteiger partial charge in [0.1, 0.15) is 0 Å². The van der Waals surface area contributed by atoms with E-state index in [4.69, 9.17) is 0 Å². The lowest BCUT2D eigenvalue weighted by molar-refractivity contribution is 0.259. The van der Waals surface area contributed by atoms with E-state index >= 15 is 0 Å². The highest BCUT2D eigenvalue weighted by molar-refractivity contribution is 5.57. The molecular formula is C15H22N2. The number of benzene rings is 1. The summed E-state index contributed by atoms with van der Waals surface area (Å²) < 4.78 is 0. The summed E-state index contributed by atoms with van der Waals surface area (Å²) in [6.45, 7) is 6.07. The Balaban J connectivity index is 1.60. The van der Waals surface area contributed by atoms with Crippen molar-refractivity contribution in [2.24, 2.45) is 0 Å². The van der Waals surface area contributed by atoms with Crippen molar-refractivity contribution in [3.63, 3.8) is 0 Å². The van der Waals surface area contributed by atoms with Crippen molar-refractivity contribution in [3.05, 3.63) is 29.8 Å². The van der Waals surface area contributed by atoms with E-state index in [-0.39, 0.29) is 0 Å². The van der Waals surface area contributed by atoms with Gasteiger partial charge >= 0.3 is 0 Å². The van der Waals surface area contributed by atoms with Gasteiger partial charge in [-0.05, 0) is 50.9 Å². The Morgan fingerprint density at radius 1 is 1.35 bits per heavy atom. The molecule has 1 fully saturated rings. The Kier molecular flexibility index (Phi) is 3.06. The summed E-state index contributed by atoms with van der Waals surface area (Å²) in [6, 6.07) is 9.58. The number of hydrogen-bond acceptors (Lipinski definition) is 2. The van der Waals surface area contributed by atoms with Crippen LogP contribution in [0.15, 0.2) is 24.3 Å². The first-order valence-corrected chi connectivity index (χ1v) is 6.91. The van der Waals surface area contributed by atoms with Gasteiger partial charge in [0.15, 0.2) is 0 Å². The number of rotatable bonds is 3. The molecule has 1 aromatic carbocycles. The highest BCUT2D eigenvalue weighted by Gasteiger charge is 2.24. The number of para-hydroxylation sites is 1. The van der Waals surface area contributed by atoms with E-state index in [2.05, 4.69) is 41.4 Å². The summed E-state index contributed by atoms with van der Waals surface area (Å²) in [7, 11) is 0. The Hall–Kier alpha value is -1.02. The second kappa shape index (κ2) is 4.69. The van der Waals surface area contributed by atoms with E-state index in [0.29, 0.717) is 0 Å². The van der Waals surface area contributed by atoms with E-state index in [1.54, 1.807) is 0 Å². The largest absolute Gasteiger partial charge is 0.384 e. The van der Waals surface area contributed by atoms with Crippen molar-refractivity contribution in [3.8, 4) is 0 Å². The Labute approximate surface area is 104 Å². The summed E-state index contributed by atoms with van der Waals surface area (Å²) in [5, 5.41) is 3.52. The fraction of sp³-hybridized carbons (Fsp3) is 0.600. The number of likely N-dealkylation sites (tertiary alicyclic amines) is 1. The molecule has 0 amide bonds. The van der Waals surface area contributed by atoms with Gasteiger partial charge in [-0.15, -0.1) is 0 Å². The Morgan fingerprint density at radius 3 is 3.06 bits per heavy atom. The molecular weight excluding hydrogens is 208 g/mol. The third kappa shape index (κ3) is 2.19. The van der Waals surface area contributed by atoms with Crippen LogP contribution in [-0.4, -0.2) is 30.6 Å². The molecule has 2 heterocycles. The van der Waals surface area contributed by atoms with Gasteiger partial charge in [-0.3, -0.25) is 0 Å². The summed E-state index contributed by atoms with van der Waals surface area (Å²) >= 11 is 0. The van der Waals surface area contributed by atoms with Gasteiger partial charge < -0.3 is 10.2 Å². The lowest BCUT2D eigenvalue weighted by atomic mass is 9.97. The lowest BCUT2D eigenvalue weighted by Crippen LogP contribution is -2.29. The monoisotopic (exact) mass is 230 g/mol. The maximum Gasteiger partial charge on any atom is 0.0376 e. The van der Waals surface area contributed by atoms with Gasteiger partial charge in [0.05, 0.1) is 0 Å². The molecule has 2 heteroatoms. The molecule has 2 unspecified atom stereocenters.